The number of nitrogens with zero attached hydrogens (tertiary/aromatic N) is 12. The van der Waals surface area contributed by atoms with Gasteiger partial charge in [0.05, 0.1) is 44.6 Å². The van der Waals surface area contributed by atoms with Gasteiger partial charge in [-0.25, -0.2) is 15.0 Å². The van der Waals surface area contributed by atoms with Crippen molar-refractivity contribution in [1.29, 1.82) is 0 Å². The molecule has 0 atom stereocenters. The number of benzene rings is 16. The van der Waals surface area contributed by atoms with Gasteiger partial charge in [-0.2, -0.15) is 11.5 Å². The van der Waals surface area contributed by atoms with E-state index in [0.29, 0.717) is 0 Å². The molecule has 0 spiro atoms. The molecule has 143 heavy (non-hydrogen) atoms. The van der Waals surface area contributed by atoms with Crippen molar-refractivity contribution in [3.8, 4) is 45.8 Å². The van der Waals surface area contributed by atoms with E-state index in [1.807, 2.05) is 24.5 Å². The first-order valence-corrected chi connectivity index (χ1v) is 49.7. The summed E-state index contributed by atoms with van der Waals surface area (Å²) >= 11 is 0. The van der Waals surface area contributed by atoms with E-state index in [2.05, 4.69) is 500 Å². The van der Waals surface area contributed by atoms with Gasteiger partial charge < -0.3 is 28.7 Å². The van der Waals surface area contributed by atoms with Crippen LogP contribution in [0.1, 0.15) is 128 Å². The van der Waals surface area contributed by atoms with Gasteiger partial charge in [0.15, 0.2) is 0 Å². The van der Waals surface area contributed by atoms with Gasteiger partial charge in [-0.05, 0) is 285 Å². The zero-order chi connectivity index (χ0) is 97.0. The Labute approximate surface area is 851 Å². The SMILES string of the molecule is Cc1cccc(C)c1-n1c(-c2[c-]c3c(cc2)N(c2ccc(C(C)(C)C)cc2)c2cccc4c2B3c2[c-]c3c(cc2N4c2ccc(C(C)(C)C)cc2)c2ccccc2n3-c2ccccn2)nc2ccccc21.Cc1cccc(C)c1-n1c(-c2ccc3c(c2)B2c4cc5c(cc4N(c4ccc(C(C)(C)C)cc4)c4cccc(c42)N3c2ccc(C(C)(C)C)cc2)c2ccccc2n5-c2ccccn2)nc2ccccc21.[Pt+2]. The predicted octanol–water partition coefficient (Wildman–Crippen LogP) is 28.6. The van der Waals surface area contributed by atoms with Crippen molar-refractivity contribution >= 4 is 180 Å². The Morgan fingerprint density at radius 1 is 0.266 bits per heavy atom. The summed E-state index contributed by atoms with van der Waals surface area (Å²) in [5.74, 6) is 3.54. The third-order valence-corrected chi connectivity index (χ3v) is 30.0. The zero-order valence-electron chi connectivity index (χ0n) is 83.5. The number of hydrogen-bond donors (Lipinski definition) is 0. The minimum atomic E-state index is -0.251. The van der Waals surface area contributed by atoms with E-state index in [1.165, 1.54) is 99.9 Å². The van der Waals surface area contributed by atoms with Crippen LogP contribution in [0.2, 0.25) is 0 Å². The van der Waals surface area contributed by atoms with E-state index >= 15 is 0 Å². The number of aryl methyl sites for hydroxylation is 4. The molecule has 15 heteroatoms. The summed E-state index contributed by atoms with van der Waals surface area (Å²) in [4.78, 5) is 30.8. The Bertz CT molecular complexity index is 8330. The van der Waals surface area contributed by atoms with Crippen LogP contribution in [0.5, 0.6) is 0 Å². The van der Waals surface area contributed by atoms with Gasteiger partial charge in [-0.1, -0.05) is 270 Å². The van der Waals surface area contributed by atoms with Gasteiger partial charge in [0.1, 0.15) is 17.5 Å². The van der Waals surface area contributed by atoms with E-state index in [4.69, 9.17) is 19.9 Å². The first-order valence-electron chi connectivity index (χ1n) is 49.7. The number of hydrogen-bond acceptors (Lipinski definition) is 8. The number of pyridine rings is 2. The molecule has 22 aromatic rings. The molecule has 0 saturated carbocycles. The fourth-order valence-electron chi connectivity index (χ4n) is 23.1. The van der Waals surface area contributed by atoms with Crippen LogP contribution in [-0.2, 0) is 42.7 Å². The zero-order valence-corrected chi connectivity index (χ0v) is 85.8. The second-order valence-corrected chi connectivity index (χ2v) is 43.1. The fraction of sp³-hybridized carbons (Fsp3) is 0.156. The molecule has 0 unspecified atom stereocenters. The molecule has 4 aliphatic rings. The van der Waals surface area contributed by atoms with Crippen molar-refractivity contribution in [2.45, 2.75) is 132 Å². The number of imidazole rings is 2. The second-order valence-electron chi connectivity index (χ2n) is 43.1. The standard InChI is InChI=1S/C64H55BN6.C64H53BN6.Pt/c2*1-40-17-15-18-41(2)61(40)71-54-22-12-10-20-51(54)67-62(71)42-26-35-53-49(37-42)65-50-39-57-48(47-19-9-11-21-52(47)70(57)59-25-13-14-36-66-59)38-58(50)69(46-33-29-44(30-34-46)64(6,7)8)56-24-16-23-55(60(56)65)68(53)45-31-27-43(28-32-45)63(3,4)5;/h9-39H,1-8H3;9-36,38H,1-8H3;/q;-2;+2. The Morgan fingerprint density at radius 2 is 0.643 bits per heavy atom. The van der Waals surface area contributed by atoms with Crippen LogP contribution >= 0.6 is 0 Å². The molecule has 10 heterocycles. The Morgan fingerprint density at radius 3 is 1.13 bits per heavy atom. The molecule has 16 aromatic carbocycles. The second kappa shape index (κ2) is 33.8. The van der Waals surface area contributed by atoms with Crippen molar-refractivity contribution in [3.63, 3.8) is 0 Å². The van der Waals surface area contributed by atoms with Gasteiger partial charge in [0, 0.05) is 96.8 Å². The van der Waals surface area contributed by atoms with E-state index < -0.39 is 0 Å². The van der Waals surface area contributed by atoms with Crippen molar-refractivity contribution in [2.75, 3.05) is 19.6 Å². The Hall–Kier alpha value is -15.6. The van der Waals surface area contributed by atoms with Gasteiger partial charge in [-0.15, -0.1) is 40.7 Å². The first kappa shape index (κ1) is 90.0. The molecule has 26 rings (SSSR count). The third kappa shape index (κ3) is 14.6. The monoisotopic (exact) mass is 2030 g/mol. The molecule has 0 amide bonds. The molecule has 0 saturated heterocycles. The predicted molar refractivity (Wildman–Crippen MR) is 597 cm³/mol. The summed E-state index contributed by atoms with van der Waals surface area (Å²) in [6.07, 6.45) is 3.77. The van der Waals surface area contributed by atoms with E-state index in [9.17, 15) is 0 Å². The quantitative estimate of drug-likeness (QED) is 0.0989. The largest absolute Gasteiger partial charge is 2.00 e. The maximum Gasteiger partial charge on any atom is 2.00 e. The number of fused-ring (bicyclic) bond motifs is 16. The maximum absolute atomic E-state index is 5.49. The van der Waals surface area contributed by atoms with E-state index in [0.717, 1.165) is 157 Å². The number of aromatic nitrogens is 8. The van der Waals surface area contributed by atoms with Crippen LogP contribution < -0.4 is 52.4 Å². The molecule has 0 aliphatic carbocycles. The summed E-state index contributed by atoms with van der Waals surface area (Å²) in [7, 11) is 0. The average molecular weight is 2030 g/mol. The van der Waals surface area contributed by atoms with Crippen molar-refractivity contribution in [1.82, 2.24) is 38.2 Å². The Kier molecular flexibility index (Phi) is 21.3. The molecule has 12 nitrogen and oxygen atoms in total. The fourth-order valence-corrected chi connectivity index (χ4v) is 23.1. The molecule has 0 bridgehead atoms. The summed E-state index contributed by atoms with van der Waals surface area (Å²) in [6.45, 7) is 35.8. The van der Waals surface area contributed by atoms with Crippen molar-refractivity contribution < 1.29 is 21.1 Å². The molecule has 0 fully saturated rings. The summed E-state index contributed by atoms with van der Waals surface area (Å²) < 4.78 is 9.38. The summed E-state index contributed by atoms with van der Waals surface area (Å²) in [5.41, 5.74) is 43.4. The molecular weight excluding hydrogens is 1920 g/mol. The molecule has 696 valence electrons. The minimum Gasteiger partial charge on any atom is -0.366 e. The molecule has 0 N–H and O–H groups in total. The minimum absolute atomic E-state index is 0. The van der Waals surface area contributed by atoms with Crippen LogP contribution in [0.25, 0.3) is 111 Å². The maximum atomic E-state index is 5.49. The van der Waals surface area contributed by atoms with Gasteiger partial charge in [0.25, 0.3) is 6.71 Å². The van der Waals surface area contributed by atoms with Crippen LogP contribution in [0.15, 0.2) is 364 Å². The van der Waals surface area contributed by atoms with Crippen LogP contribution in [0, 0.1) is 39.8 Å². The number of para-hydroxylation sites is 8. The number of anilines is 12. The van der Waals surface area contributed by atoms with Crippen LogP contribution in [-0.4, -0.2) is 51.6 Å². The van der Waals surface area contributed by atoms with Crippen molar-refractivity contribution in [2.24, 2.45) is 0 Å². The normalized spacial score (nSPS) is 13.2. The molecular formula is C128H108B2N12Pt. The van der Waals surface area contributed by atoms with E-state index in [1.54, 1.807) is 0 Å². The van der Waals surface area contributed by atoms with Gasteiger partial charge >= 0.3 is 21.1 Å². The van der Waals surface area contributed by atoms with Gasteiger partial charge in [-0.3, -0.25) is 14.1 Å². The Balaban J connectivity index is 0.000000153. The topological polar surface area (TPSA) is 84.2 Å². The molecule has 6 aromatic heterocycles. The third-order valence-electron chi connectivity index (χ3n) is 30.0. The number of rotatable bonds is 10. The first-order chi connectivity index (χ1) is 68.7. The summed E-state index contributed by atoms with van der Waals surface area (Å²) in [6, 6.07) is 138. The summed E-state index contributed by atoms with van der Waals surface area (Å²) in [5, 5.41) is 4.66. The van der Waals surface area contributed by atoms with Crippen LogP contribution in [0.4, 0.5) is 68.2 Å². The van der Waals surface area contributed by atoms with Crippen LogP contribution in [0.3, 0.4) is 0 Å². The van der Waals surface area contributed by atoms with Gasteiger partial charge in [0.2, 0.25) is 6.71 Å². The molecule has 4 aliphatic heterocycles. The smallest absolute Gasteiger partial charge is 0.366 e. The average Bonchev–Trinajstić information content (AvgIpc) is 1.54. The van der Waals surface area contributed by atoms with Crippen molar-refractivity contribution in [3.05, 3.63) is 421 Å². The molecule has 0 radical (unpaired) electrons. The van der Waals surface area contributed by atoms with E-state index in [-0.39, 0.29) is 56.2 Å².